The molecule has 0 saturated heterocycles. The van der Waals surface area contributed by atoms with Crippen molar-refractivity contribution in [2.45, 2.75) is 26.4 Å². The van der Waals surface area contributed by atoms with Crippen molar-refractivity contribution in [1.29, 1.82) is 0 Å². The number of nitrogens with zero attached hydrogens (tertiary/aromatic N) is 2. The van der Waals surface area contributed by atoms with Crippen molar-refractivity contribution in [3.63, 3.8) is 0 Å². The summed E-state index contributed by atoms with van der Waals surface area (Å²) < 4.78 is 1.94. The minimum Gasteiger partial charge on any atom is -0.319 e. The van der Waals surface area contributed by atoms with Gasteiger partial charge < -0.3 is 5.73 Å². The Hall–Kier alpha value is -1.61. The summed E-state index contributed by atoms with van der Waals surface area (Å²) in [5, 5.41) is 4.25. The molecule has 1 unspecified atom stereocenters. The average molecular weight is 215 g/mol. The highest BCUT2D eigenvalue weighted by atomic mass is 15.3. The normalized spacial score (nSPS) is 12.7. The van der Waals surface area contributed by atoms with Crippen LogP contribution < -0.4 is 5.73 Å². The smallest absolute Gasteiger partial charge is 0.0725 e. The quantitative estimate of drug-likeness (QED) is 0.853. The number of rotatable bonds is 3. The van der Waals surface area contributed by atoms with Crippen LogP contribution in [0.3, 0.4) is 0 Å². The molecule has 1 aromatic carbocycles. The number of benzene rings is 1. The number of hydrogen-bond acceptors (Lipinski definition) is 2. The van der Waals surface area contributed by atoms with Gasteiger partial charge in [0.1, 0.15) is 0 Å². The molecule has 16 heavy (non-hydrogen) atoms. The molecule has 0 radical (unpaired) electrons. The summed E-state index contributed by atoms with van der Waals surface area (Å²) in [6.45, 7) is 5.00. The SMILES string of the molecule is CCn1nccc1C(N)c1ccccc1C. The molecule has 0 amide bonds. The second-order valence-corrected chi connectivity index (χ2v) is 3.91. The number of aromatic nitrogens is 2. The van der Waals surface area contributed by atoms with E-state index >= 15 is 0 Å². The molecule has 1 aromatic heterocycles. The highest BCUT2D eigenvalue weighted by Gasteiger charge is 2.14. The summed E-state index contributed by atoms with van der Waals surface area (Å²) in [5.41, 5.74) is 9.73. The number of aryl methyl sites for hydroxylation is 2. The van der Waals surface area contributed by atoms with E-state index in [-0.39, 0.29) is 6.04 Å². The zero-order valence-corrected chi connectivity index (χ0v) is 9.72. The van der Waals surface area contributed by atoms with E-state index in [1.807, 2.05) is 22.9 Å². The Morgan fingerprint density at radius 3 is 2.75 bits per heavy atom. The van der Waals surface area contributed by atoms with Crippen LogP contribution in [0.1, 0.15) is 29.8 Å². The fourth-order valence-corrected chi connectivity index (χ4v) is 1.97. The fourth-order valence-electron chi connectivity index (χ4n) is 1.97. The van der Waals surface area contributed by atoms with Crippen molar-refractivity contribution < 1.29 is 0 Å². The molecule has 3 nitrogen and oxygen atoms in total. The minimum absolute atomic E-state index is 0.0938. The molecule has 1 heterocycles. The standard InChI is InChI=1S/C13H17N3/c1-3-16-12(8-9-15-16)13(14)11-7-5-4-6-10(11)2/h4-9,13H,3,14H2,1-2H3. The zero-order chi connectivity index (χ0) is 11.5. The van der Waals surface area contributed by atoms with E-state index in [0.717, 1.165) is 17.8 Å². The topological polar surface area (TPSA) is 43.8 Å². The third-order valence-corrected chi connectivity index (χ3v) is 2.89. The molecule has 0 fully saturated rings. The van der Waals surface area contributed by atoms with Crippen LogP contribution in [0.15, 0.2) is 36.5 Å². The molecule has 3 heteroatoms. The summed E-state index contributed by atoms with van der Waals surface area (Å²) in [5.74, 6) is 0. The van der Waals surface area contributed by atoms with E-state index in [4.69, 9.17) is 5.73 Å². The van der Waals surface area contributed by atoms with Gasteiger partial charge in [0.05, 0.1) is 11.7 Å². The van der Waals surface area contributed by atoms with Crippen molar-refractivity contribution in [3.05, 3.63) is 53.3 Å². The van der Waals surface area contributed by atoms with Gasteiger partial charge in [-0.3, -0.25) is 4.68 Å². The Morgan fingerprint density at radius 1 is 1.31 bits per heavy atom. The highest BCUT2D eigenvalue weighted by Crippen LogP contribution is 2.21. The zero-order valence-electron chi connectivity index (χ0n) is 9.72. The molecular formula is C13H17N3. The van der Waals surface area contributed by atoms with Crippen molar-refractivity contribution >= 4 is 0 Å². The third-order valence-electron chi connectivity index (χ3n) is 2.89. The van der Waals surface area contributed by atoms with Gasteiger partial charge in [0.15, 0.2) is 0 Å². The van der Waals surface area contributed by atoms with Crippen LogP contribution in [-0.2, 0) is 6.54 Å². The van der Waals surface area contributed by atoms with E-state index < -0.39 is 0 Å². The largest absolute Gasteiger partial charge is 0.319 e. The summed E-state index contributed by atoms with van der Waals surface area (Å²) in [7, 11) is 0. The van der Waals surface area contributed by atoms with Crippen LogP contribution in [0.5, 0.6) is 0 Å². The molecule has 2 aromatic rings. The maximum Gasteiger partial charge on any atom is 0.0725 e. The van der Waals surface area contributed by atoms with E-state index in [2.05, 4.69) is 31.1 Å². The highest BCUT2D eigenvalue weighted by molar-refractivity contribution is 5.33. The number of hydrogen-bond donors (Lipinski definition) is 1. The second kappa shape index (κ2) is 4.49. The van der Waals surface area contributed by atoms with Gasteiger partial charge in [-0.25, -0.2) is 0 Å². The van der Waals surface area contributed by atoms with Gasteiger partial charge in [-0.2, -0.15) is 5.10 Å². The summed E-state index contributed by atoms with van der Waals surface area (Å²) in [6.07, 6.45) is 1.80. The maximum atomic E-state index is 6.28. The lowest BCUT2D eigenvalue weighted by molar-refractivity contribution is 0.600. The van der Waals surface area contributed by atoms with Crippen molar-refractivity contribution in [1.82, 2.24) is 9.78 Å². The summed E-state index contributed by atoms with van der Waals surface area (Å²) in [4.78, 5) is 0. The minimum atomic E-state index is -0.0938. The molecule has 0 bridgehead atoms. The molecule has 0 aliphatic carbocycles. The lowest BCUT2D eigenvalue weighted by Gasteiger charge is -2.15. The Balaban J connectivity index is 2.39. The third kappa shape index (κ3) is 1.86. The molecular weight excluding hydrogens is 198 g/mol. The summed E-state index contributed by atoms with van der Waals surface area (Å²) >= 11 is 0. The number of nitrogens with two attached hydrogens (primary N) is 1. The van der Waals surface area contributed by atoms with Gasteiger partial charge in [-0.05, 0) is 31.0 Å². The Kier molecular flexibility index (Phi) is 3.06. The summed E-state index contributed by atoms with van der Waals surface area (Å²) in [6, 6.07) is 10.1. The molecule has 0 aliphatic rings. The van der Waals surface area contributed by atoms with Gasteiger partial charge in [0.25, 0.3) is 0 Å². The lowest BCUT2D eigenvalue weighted by Crippen LogP contribution is -2.18. The molecule has 0 saturated carbocycles. The first-order valence-corrected chi connectivity index (χ1v) is 5.57. The fraction of sp³-hybridized carbons (Fsp3) is 0.308. The molecule has 0 aliphatic heterocycles. The van der Waals surface area contributed by atoms with Crippen LogP contribution in [0.25, 0.3) is 0 Å². The van der Waals surface area contributed by atoms with Crippen LogP contribution in [0.2, 0.25) is 0 Å². The van der Waals surface area contributed by atoms with E-state index in [1.165, 1.54) is 5.56 Å². The van der Waals surface area contributed by atoms with Gasteiger partial charge in [0.2, 0.25) is 0 Å². The van der Waals surface area contributed by atoms with Crippen LogP contribution >= 0.6 is 0 Å². The van der Waals surface area contributed by atoms with Gasteiger partial charge in [0, 0.05) is 12.7 Å². The predicted molar refractivity (Wildman–Crippen MR) is 65.1 cm³/mol. The van der Waals surface area contributed by atoms with Crippen LogP contribution in [0, 0.1) is 6.92 Å². The molecule has 2 rings (SSSR count). The van der Waals surface area contributed by atoms with E-state index in [0.29, 0.717) is 0 Å². The lowest BCUT2D eigenvalue weighted by atomic mass is 9.99. The predicted octanol–water partition coefficient (Wildman–Crippen LogP) is 2.26. The van der Waals surface area contributed by atoms with Crippen molar-refractivity contribution in [2.24, 2.45) is 5.73 Å². The van der Waals surface area contributed by atoms with Crippen LogP contribution in [-0.4, -0.2) is 9.78 Å². The molecule has 0 spiro atoms. The van der Waals surface area contributed by atoms with E-state index in [1.54, 1.807) is 6.20 Å². The van der Waals surface area contributed by atoms with Crippen molar-refractivity contribution in [3.8, 4) is 0 Å². The first-order valence-electron chi connectivity index (χ1n) is 5.57. The Bertz CT molecular complexity index is 474. The first kappa shape index (κ1) is 10.9. The van der Waals surface area contributed by atoms with Crippen molar-refractivity contribution in [2.75, 3.05) is 0 Å². The van der Waals surface area contributed by atoms with Gasteiger partial charge >= 0.3 is 0 Å². The van der Waals surface area contributed by atoms with Gasteiger partial charge in [-0.1, -0.05) is 24.3 Å². The maximum absolute atomic E-state index is 6.28. The average Bonchev–Trinajstić information content (AvgIpc) is 2.77. The molecule has 2 N–H and O–H groups in total. The molecule has 84 valence electrons. The second-order valence-electron chi connectivity index (χ2n) is 3.91. The Labute approximate surface area is 95.9 Å². The first-order chi connectivity index (χ1) is 7.74. The van der Waals surface area contributed by atoms with E-state index in [9.17, 15) is 0 Å². The van der Waals surface area contributed by atoms with Crippen LogP contribution in [0.4, 0.5) is 0 Å². The van der Waals surface area contributed by atoms with Gasteiger partial charge in [-0.15, -0.1) is 0 Å². The monoisotopic (exact) mass is 215 g/mol. The Morgan fingerprint density at radius 2 is 2.06 bits per heavy atom. The molecule has 1 atom stereocenters.